The first-order chi connectivity index (χ1) is 12.6. The van der Waals surface area contributed by atoms with E-state index in [9.17, 15) is 9.59 Å². The molecule has 0 aliphatic heterocycles. The lowest BCUT2D eigenvalue weighted by Gasteiger charge is -2.16. The Kier molecular flexibility index (Phi) is 4.99. The lowest BCUT2D eigenvalue weighted by atomic mass is 10.4. The molecule has 2 fully saturated rings. The number of likely N-dealkylation sites (N-methyl/N-ethyl adjacent to an activating group) is 1. The predicted molar refractivity (Wildman–Crippen MR) is 101 cm³/mol. The lowest BCUT2D eigenvalue weighted by molar-refractivity contribution is -0.132. The number of nitrogens with zero attached hydrogens (tertiary/aromatic N) is 4. The van der Waals surface area contributed by atoms with Crippen LogP contribution in [0, 0.1) is 0 Å². The summed E-state index contributed by atoms with van der Waals surface area (Å²) in [7, 11) is 1.66. The number of thioether (sulfide) groups is 1. The summed E-state index contributed by atoms with van der Waals surface area (Å²) >= 11 is 3.04. The highest BCUT2D eigenvalue weighted by Gasteiger charge is 2.31. The quantitative estimate of drug-likeness (QED) is 0.698. The van der Waals surface area contributed by atoms with Crippen LogP contribution in [0.4, 0.5) is 0 Å². The number of rotatable bonds is 8. The first-order valence-electron chi connectivity index (χ1n) is 8.76. The Morgan fingerprint density at radius 1 is 1.35 bits per heavy atom. The van der Waals surface area contributed by atoms with Crippen LogP contribution in [-0.4, -0.2) is 56.9 Å². The summed E-state index contributed by atoms with van der Waals surface area (Å²) < 4.78 is 2.16. The van der Waals surface area contributed by atoms with E-state index in [2.05, 4.69) is 20.1 Å². The molecule has 0 spiro atoms. The maximum absolute atomic E-state index is 12.4. The SMILES string of the molecule is CN(CC(=O)NC1CC1)C(=O)CSc1nnc(-c2cccs2)n1C1CC1. The van der Waals surface area contributed by atoms with Crippen molar-refractivity contribution in [3.8, 4) is 10.7 Å². The largest absolute Gasteiger partial charge is 0.352 e. The van der Waals surface area contributed by atoms with Gasteiger partial charge >= 0.3 is 0 Å². The lowest BCUT2D eigenvalue weighted by Crippen LogP contribution is -2.39. The zero-order valence-corrected chi connectivity index (χ0v) is 16.2. The fourth-order valence-corrected chi connectivity index (χ4v) is 4.30. The second-order valence-corrected chi connectivity index (χ2v) is 8.66. The summed E-state index contributed by atoms with van der Waals surface area (Å²) in [6, 6.07) is 4.79. The average Bonchev–Trinajstić information content (AvgIpc) is 3.52. The van der Waals surface area contributed by atoms with Gasteiger partial charge in [0.25, 0.3) is 0 Å². The van der Waals surface area contributed by atoms with Crippen molar-refractivity contribution in [1.29, 1.82) is 0 Å². The maximum atomic E-state index is 12.4. The zero-order valence-electron chi connectivity index (χ0n) is 14.6. The van der Waals surface area contributed by atoms with Gasteiger partial charge in [0.2, 0.25) is 11.8 Å². The van der Waals surface area contributed by atoms with Crippen molar-refractivity contribution >= 4 is 34.9 Å². The molecule has 0 aromatic carbocycles. The van der Waals surface area contributed by atoms with Crippen LogP contribution in [0.2, 0.25) is 0 Å². The standard InChI is InChI=1S/C17H21N5O2S2/c1-21(9-14(23)18-11-4-5-11)15(24)10-26-17-20-19-16(13-3-2-8-25-13)22(17)12-6-7-12/h2-3,8,11-12H,4-7,9-10H2,1H3,(H,18,23). The number of hydrogen-bond acceptors (Lipinski definition) is 6. The molecule has 2 aliphatic carbocycles. The number of carbonyl (C=O) groups is 2. The van der Waals surface area contributed by atoms with E-state index >= 15 is 0 Å². The van der Waals surface area contributed by atoms with Gasteiger partial charge in [0.15, 0.2) is 11.0 Å². The van der Waals surface area contributed by atoms with Crippen molar-refractivity contribution in [2.75, 3.05) is 19.3 Å². The van der Waals surface area contributed by atoms with E-state index in [0.29, 0.717) is 12.1 Å². The molecule has 2 aromatic rings. The maximum Gasteiger partial charge on any atom is 0.239 e. The van der Waals surface area contributed by atoms with Gasteiger partial charge in [-0.25, -0.2) is 0 Å². The van der Waals surface area contributed by atoms with Crippen LogP contribution in [0.1, 0.15) is 31.7 Å². The summed E-state index contributed by atoms with van der Waals surface area (Å²) in [6.07, 6.45) is 4.34. The Balaban J connectivity index is 1.36. The zero-order chi connectivity index (χ0) is 18.1. The number of nitrogens with one attached hydrogen (secondary N) is 1. The Morgan fingerprint density at radius 2 is 2.15 bits per heavy atom. The summed E-state index contributed by atoms with van der Waals surface area (Å²) in [4.78, 5) is 26.8. The molecule has 2 aliphatic rings. The highest BCUT2D eigenvalue weighted by molar-refractivity contribution is 7.99. The van der Waals surface area contributed by atoms with Gasteiger partial charge in [-0.05, 0) is 37.1 Å². The van der Waals surface area contributed by atoms with Crippen LogP contribution >= 0.6 is 23.1 Å². The molecule has 0 saturated heterocycles. The van der Waals surface area contributed by atoms with Crippen LogP contribution in [0.5, 0.6) is 0 Å². The second kappa shape index (κ2) is 7.40. The third kappa shape index (κ3) is 4.09. The first-order valence-corrected chi connectivity index (χ1v) is 10.6. The van der Waals surface area contributed by atoms with Crippen molar-refractivity contribution in [2.24, 2.45) is 0 Å². The molecule has 2 aromatic heterocycles. The predicted octanol–water partition coefficient (Wildman–Crippen LogP) is 2.17. The number of aromatic nitrogens is 3. The van der Waals surface area contributed by atoms with E-state index in [4.69, 9.17) is 0 Å². The molecule has 1 N–H and O–H groups in total. The average molecular weight is 392 g/mol. The van der Waals surface area contributed by atoms with Gasteiger partial charge < -0.3 is 10.2 Å². The number of amides is 2. The molecule has 2 saturated carbocycles. The Hall–Kier alpha value is -1.87. The summed E-state index contributed by atoms with van der Waals surface area (Å²) in [5.74, 6) is 0.968. The Morgan fingerprint density at radius 3 is 2.81 bits per heavy atom. The monoisotopic (exact) mass is 391 g/mol. The fourth-order valence-electron chi connectivity index (χ4n) is 2.65. The second-order valence-electron chi connectivity index (χ2n) is 6.76. The smallest absolute Gasteiger partial charge is 0.239 e. The van der Waals surface area contributed by atoms with Gasteiger partial charge in [0.05, 0.1) is 17.2 Å². The minimum absolute atomic E-state index is 0.0797. The Bertz CT molecular complexity index is 796. The molecule has 9 heteroatoms. The normalized spacial score (nSPS) is 16.5. The van der Waals surface area contributed by atoms with Gasteiger partial charge in [0, 0.05) is 19.1 Å². The van der Waals surface area contributed by atoms with Crippen molar-refractivity contribution in [1.82, 2.24) is 25.0 Å². The topological polar surface area (TPSA) is 80.1 Å². The summed E-state index contributed by atoms with van der Waals surface area (Å²) in [5.41, 5.74) is 0. The molecule has 2 amide bonds. The molecular formula is C17H21N5O2S2. The van der Waals surface area contributed by atoms with Crippen molar-refractivity contribution in [3.63, 3.8) is 0 Å². The molecule has 0 radical (unpaired) electrons. The highest BCUT2D eigenvalue weighted by atomic mass is 32.2. The van der Waals surface area contributed by atoms with Gasteiger partial charge in [-0.3, -0.25) is 14.2 Å². The molecule has 0 atom stereocenters. The van der Waals surface area contributed by atoms with Crippen LogP contribution in [0.15, 0.2) is 22.7 Å². The van der Waals surface area contributed by atoms with E-state index in [1.807, 2.05) is 17.5 Å². The van der Waals surface area contributed by atoms with E-state index in [0.717, 1.165) is 41.5 Å². The van der Waals surface area contributed by atoms with Gasteiger partial charge in [-0.15, -0.1) is 21.5 Å². The van der Waals surface area contributed by atoms with Gasteiger partial charge in [-0.2, -0.15) is 0 Å². The Labute approximate surface area is 160 Å². The number of thiophene rings is 1. The molecular weight excluding hydrogens is 370 g/mol. The fraction of sp³-hybridized carbons (Fsp3) is 0.529. The van der Waals surface area contributed by atoms with Crippen molar-refractivity contribution in [3.05, 3.63) is 17.5 Å². The van der Waals surface area contributed by atoms with Crippen LogP contribution in [0.3, 0.4) is 0 Å². The summed E-state index contributed by atoms with van der Waals surface area (Å²) in [6.45, 7) is 0.103. The molecule has 0 bridgehead atoms. The molecule has 138 valence electrons. The van der Waals surface area contributed by atoms with Crippen LogP contribution in [0.25, 0.3) is 10.7 Å². The molecule has 4 rings (SSSR count). The minimum Gasteiger partial charge on any atom is -0.352 e. The molecule has 7 nitrogen and oxygen atoms in total. The number of carbonyl (C=O) groups excluding carboxylic acids is 2. The van der Waals surface area contributed by atoms with E-state index in [-0.39, 0.29) is 24.1 Å². The minimum atomic E-state index is -0.0884. The van der Waals surface area contributed by atoms with Crippen LogP contribution in [-0.2, 0) is 9.59 Å². The van der Waals surface area contributed by atoms with E-state index in [1.54, 1.807) is 18.4 Å². The molecule has 0 unspecified atom stereocenters. The third-order valence-corrected chi connectivity index (χ3v) is 6.19. The van der Waals surface area contributed by atoms with E-state index < -0.39 is 0 Å². The molecule has 26 heavy (non-hydrogen) atoms. The van der Waals surface area contributed by atoms with Crippen molar-refractivity contribution in [2.45, 2.75) is 42.9 Å². The van der Waals surface area contributed by atoms with E-state index in [1.165, 1.54) is 16.7 Å². The highest BCUT2D eigenvalue weighted by Crippen LogP contribution is 2.41. The van der Waals surface area contributed by atoms with Crippen LogP contribution < -0.4 is 5.32 Å². The molecule has 2 heterocycles. The van der Waals surface area contributed by atoms with Crippen molar-refractivity contribution < 1.29 is 9.59 Å². The first kappa shape index (κ1) is 17.5. The number of hydrogen-bond donors (Lipinski definition) is 1. The summed E-state index contributed by atoms with van der Waals surface area (Å²) in [5, 5.41) is 14.4. The van der Waals surface area contributed by atoms with Gasteiger partial charge in [-0.1, -0.05) is 17.8 Å². The third-order valence-electron chi connectivity index (χ3n) is 4.39. The van der Waals surface area contributed by atoms with Gasteiger partial charge in [0.1, 0.15) is 0 Å².